The van der Waals surface area contributed by atoms with E-state index in [4.69, 9.17) is 14.6 Å². The van der Waals surface area contributed by atoms with Gasteiger partial charge in [-0.25, -0.2) is 19.4 Å². The lowest BCUT2D eigenvalue weighted by Crippen LogP contribution is -2.21. The number of pyridine rings is 1. The third-order valence-electron chi connectivity index (χ3n) is 7.23. The molecule has 11 nitrogen and oxygen atoms in total. The molecule has 0 aliphatic heterocycles. The smallest absolute Gasteiger partial charge is 0.324 e. The number of methoxy groups -OCH3 is 1. The van der Waals surface area contributed by atoms with Crippen molar-refractivity contribution in [1.29, 1.82) is 0 Å². The number of H-pyrrole nitrogens is 1. The van der Waals surface area contributed by atoms with Gasteiger partial charge in [-0.1, -0.05) is 60.2 Å². The average molecular weight is 716 g/mol. The fourth-order valence-electron chi connectivity index (χ4n) is 5.01. The number of aromatic nitrogens is 5. The summed E-state index contributed by atoms with van der Waals surface area (Å²) in [5, 5.41) is 12.5. The minimum atomic E-state index is -0.404. The van der Waals surface area contributed by atoms with Crippen molar-refractivity contribution < 1.29 is 14.3 Å². The number of alkyl halides is 1. The van der Waals surface area contributed by atoms with Crippen LogP contribution in [0, 0.1) is 0 Å². The van der Waals surface area contributed by atoms with Crippen LogP contribution in [0.2, 0.25) is 0 Å². The highest BCUT2D eigenvalue weighted by atomic mass is 127. The molecule has 1 atom stereocenters. The molecule has 3 heterocycles. The van der Waals surface area contributed by atoms with Crippen molar-refractivity contribution >= 4 is 62.1 Å². The van der Waals surface area contributed by atoms with E-state index in [1.165, 1.54) is 6.20 Å². The van der Waals surface area contributed by atoms with Crippen LogP contribution in [0.15, 0.2) is 90.0 Å². The molecule has 0 spiro atoms. The van der Waals surface area contributed by atoms with Gasteiger partial charge in [0.15, 0.2) is 5.65 Å². The summed E-state index contributed by atoms with van der Waals surface area (Å²) in [4.78, 5) is 36.2. The van der Waals surface area contributed by atoms with E-state index in [0.717, 1.165) is 46.3 Å². The molecule has 1 unspecified atom stereocenters. The lowest BCUT2D eigenvalue weighted by molar-refractivity contribution is 0.262. The van der Waals surface area contributed by atoms with Gasteiger partial charge < -0.3 is 19.8 Å². The van der Waals surface area contributed by atoms with E-state index in [1.807, 2.05) is 66.7 Å². The number of carbonyl (C=O) groups is 1. The van der Waals surface area contributed by atoms with Crippen molar-refractivity contribution in [3.8, 4) is 17.2 Å². The molecular weight excluding hydrogens is 685 g/mol. The maximum absolute atomic E-state index is 13.4. The third-order valence-corrected chi connectivity index (χ3v) is 8.49. The van der Waals surface area contributed by atoms with Crippen LogP contribution in [-0.4, -0.2) is 37.9 Å². The number of carbonyl (C=O) groups excluding carboxylic acids is 1. The fraction of sp³-hybridized carbons (Fsp3) is 0.182. The van der Waals surface area contributed by atoms with Gasteiger partial charge in [0.25, 0.3) is 5.56 Å². The first-order valence-electron chi connectivity index (χ1n) is 14.4. The Morgan fingerprint density at radius 3 is 2.60 bits per heavy atom. The highest BCUT2D eigenvalue weighted by Gasteiger charge is 2.18. The Hall–Kier alpha value is -4.98. The Labute approximate surface area is 272 Å². The predicted octanol–water partition coefficient (Wildman–Crippen LogP) is 7.16. The molecule has 228 valence electrons. The molecule has 3 aromatic heterocycles. The minimum absolute atomic E-state index is 0.204. The predicted molar refractivity (Wildman–Crippen MR) is 183 cm³/mol. The number of ether oxygens (including phenoxy) is 2. The summed E-state index contributed by atoms with van der Waals surface area (Å²) < 4.78 is 13.5. The SMILES string of the molecule is CCCC(I)c1cc(NC(=O)Nc2ccc(OCc3ccnc4[nH]c(=O)cnc34)c3ccccc23)n(-c2ccc(OC)cc2)n1. The highest BCUT2D eigenvalue weighted by molar-refractivity contribution is 14.1. The van der Waals surface area contributed by atoms with E-state index in [9.17, 15) is 9.59 Å². The molecule has 6 rings (SSSR count). The second kappa shape index (κ2) is 13.3. The molecule has 3 N–H and O–H groups in total. The number of amides is 2. The number of urea groups is 1. The molecule has 0 saturated carbocycles. The first kappa shape index (κ1) is 30.1. The molecule has 2 amide bonds. The number of aromatic amines is 1. The summed E-state index contributed by atoms with van der Waals surface area (Å²) in [6.45, 7) is 2.35. The van der Waals surface area contributed by atoms with Crippen molar-refractivity contribution in [1.82, 2.24) is 24.7 Å². The summed E-state index contributed by atoms with van der Waals surface area (Å²) in [6.07, 6.45) is 4.83. The van der Waals surface area contributed by atoms with E-state index in [-0.39, 0.29) is 16.1 Å². The van der Waals surface area contributed by atoms with Crippen LogP contribution in [0.5, 0.6) is 11.5 Å². The monoisotopic (exact) mass is 715 g/mol. The first-order chi connectivity index (χ1) is 21.9. The van der Waals surface area contributed by atoms with Crippen LogP contribution in [0.4, 0.5) is 16.3 Å². The Morgan fingerprint density at radius 1 is 1.02 bits per heavy atom. The maximum Gasteiger partial charge on any atom is 0.324 e. The molecular formula is C33H30IN7O4. The molecule has 0 aliphatic carbocycles. The summed E-state index contributed by atoms with van der Waals surface area (Å²) in [5.41, 5.74) is 3.74. The van der Waals surface area contributed by atoms with E-state index < -0.39 is 6.03 Å². The zero-order chi connectivity index (χ0) is 31.3. The van der Waals surface area contributed by atoms with Crippen LogP contribution in [0.1, 0.15) is 34.9 Å². The van der Waals surface area contributed by atoms with Gasteiger partial charge in [-0.05, 0) is 48.9 Å². The van der Waals surface area contributed by atoms with Crippen LogP contribution < -0.4 is 25.7 Å². The number of rotatable bonds is 10. The van der Waals surface area contributed by atoms with Crippen LogP contribution in [-0.2, 0) is 6.61 Å². The number of hydrogen-bond donors (Lipinski definition) is 3. The van der Waals surface area contributed by atoms with Crippen molar-refractivity contribution in [2.45, 2.75) is 30.3 Å². The Morgan fingerprint density at radius 2 is 1.82 bits per heavy atom. The van der Waals surface area contributed by atoms with Gasteiger partial charge in [-0.2, -0.15) is 5.10 Å². The number of nitrogens with zero attached hydrogens (tertiary/aromatic N) is 4. The molecule has 0 radical (unpaired) electrons. The molecule has 6 aromatic rings. The molecule has 0 saturated heterocycles. The van der Waals surface area contributed by atoms with Gasteiger partial charge in [0.2, 0.25) is 0 Å². The number of benzene rings is 3. The molecule has 0 aliphatic rings. The Balaban J connectivity index is 1.24. The topological polar surface area (TPSA) is 136 Å². The number of fused-ring (bicyclic) bond motifs is 2. The summed E-state index contributed by atoms with van der Waals surface area (Å²) in [6, 6.07) is 22.2. The lowest BCUT2D eigenvalue weighted by atomic mass is 10.1. The van der Waals surface area contributed by atoms with Crippen LogP contribution >= 0.6 is 22.6 Å². The maximum atomic E-state index is 13.4. The van der Waals surface area contributed by atoms with Crippen molar-refractivity contribution in [3.63, 3.8) is 0 Å². The Kier molecular flexibility index (Phi) is 8.91. The number of hydrogen-bond acceptors (Lipinski definition) is 7. The third kappa shape index (κ3) is 6.60. The Bertz CT molecular complexity index is 2040. The van der Waals surface area contributed by atoms with Crippen molar-refractivity contribution in [3.05, 3.63) is 107 Å². The van der Waals surface area contributed by atoms with Gasteiger partial charge >= 0.3 is 6.03 Å². The average Bonchev–Trinajstić information content (AvgIpc) is 3.48. The summed E-state index contributed by atoms with van der Waals surface area (Å²) >= 11 is 2.39. The molecule has 3 aromatic carbocycles. The lowest BCUT2D eigenvalue weighted by Gasteiger charge is -2.15. The summed E-state index contributed by atoms with van der Waals surface area (Å²) in [5.74, 6) is 1.92. The zero-order valence-electron chi connectivity index (χ0n) is 24.6. The largest absolute Gasteiger partial charge is 0.497 e. The zero-order valence-corrected chi connectivity index (χ0v) is 26.7. The minimum Gasteiger partial charge on any atom is -0.497 e. The van der Waals surface area contributed by atoms with Crippen LogP contribution in [0.3, 0.4) is 0 Å². The van der Waals surface area contributed by atoms with E-state index >= 15 is 0 Å². The van der Waals surface area contributed by atoms with Gasteiger partial charge in [0.05, 0.1) is 34.3 Å². The molecule has 0 fully saturated rings. The van der Waals surface area contributed by atoms with E-state index in [1.54, 1.807) is 24.1 Å². The second-order valence-electron chi connectivity index (χ2n) is 10.3. The number of anilines is 2. The van der Waals surface area contributed by atoms with Crippen molar-refractivity contribution in [2.75, 3.05) is 17.7 Å². The normalized spacial score (nSPS) is 11.8. The van der Waals surface area contributed by atoms with Gasteiger partial charge in [-0.15, -0.1) is 0 Å². The van der Waals surface area contributed by atoms with Gasteiger partial charge in [-0.3, -0.25) is 10.1 Å². The number of nitrogens with one attached hydrogen (secondary N) is 3. The molecule has 12 heteroatoms. The van der Waals surface area contributed by atoms with Gasteiger partial charge in [0.1, 0.15) is 29.4 Å². The van der Waals surface area contributed by atoms with E-state index in [2.05, 4.69) is 55.1 Å². The van der Waals surface area contributed by atoms with Gasteiger partial charge in [0, 0.05) is 28.6 Å². The first-order valence-corrected chi connectivity index (χ1v) is 15.6. The van der Waals surface area contributed by atoms with E-state index in [0.29, 0.717) is 28.4 Å². The number of halogens is 1. The second-order valence-corrected chi connectivity index (χ2v) is 11.8. The standard InChI is InChI=1S/C33H30IN7O4/c1-3-6-25(34)27-17-29(41(40-27)21-9-11-22(44-2)12-10-21)38-33(43)37-26-13-14-28(24-8-5-4-7-23(24)26)45-19-20-15-16-35-32-31(20)36-18-30(42)39-32/h4-5,7-18,25H,3,6,19H2,1-2H3,(H,35,39,42)(H2,37,38,43). The molecule has 0 bridgehead atoms. The highest BCUT2D eigenvalue weighted by Crippen LogP contribution is 2.34. The van der Waals surface area contributed by atoms with Crippen molar-refractivity contribution in [2.24, 2.45) is 0 Å². The van der Waals surface area contributed by atoms with Crippen LogP contribution in [0.25, 0.3) is 27.6 Å². The molecule has 45 heavy (non-hydrogen) atoms. The fourth-order valence-corrected chi connectivity index (χ4v) is 5.94. The quantitative estimate of drug-likeness (QED) is 0.101. The summed E-state index contributed by atoms with van der Waals surface area (Å²) in [7, 11) is 1.62.